The second kappa shape index (κ2) is 30.1. The molecule has 0 aliphatic rings. The number of rotatable bonds is 32. The van der Waals surface area contributed by atoms with E-state index in [9.17, 15) is 14.4 Å². The monoisotopic (exact) mass is 644 g/mol. The first-order valence-corrected chi connectivity index (χ1v) is 19.3. The summed E-state index contributed by atoms with van der Waals surface area (Å²) in [5.41, 5.74) is 1.17. The molecule has 1 aromatic rings. The van der Waals surface area contributed by atoms with Crippen LogP contribution in [0.4, 0.5) is 0 Å². The first-order chi connectivity index (χ1) is 22.5. The second-order valence-electron chi connectivity index (χ2n) is 13.3. The van der Waals surface area contributed by atoms with Gasteiger partial charge in [0.1, 0.15) is 6.61 Å². The van der Waals surface area contributed by atoms with Crippen molar-refractivity contribution < 1.29 is 23.9 Å². The molecule has 0 amide bonds. The van der Waals surface area contributed by atoms with Gasteiger partial charge in [-0.1, -0.05) is 168 Å². The third-order valence-electron chi connectivity index (χ3n) is 9.02. The molecule has 0 spiro atoms. The Morgan fingerprint density at radius 2 is 0.957 bits per heavy atom. The molecule has 6 heteroatoms. The van der Waals surface area contributed by atoms with Crippen molar-refractivity contribution in [1.29, 1.82) is 0 Å². The lowest BCUT2D eigenvalue weighted by Gasteiger charge is -2.13. The Hall–Kier alpha value is -2.24. The molecule has 0 bridgehead atoms. The molecule has 0 atom stereocenters. The van der Waals surface area contributed by atoms with E-state index in [2.05, 4.69) is 18.8 Å². The van der Waals surface area contributed by atoms with Gasteiger partial charge in [0.2, 0.25) is 0 Å². The Bertz CT molecular complexity index is 915. The van der Waals surface area contributed by atoms with Gasteiger partial charge < -0.3 is 9.47 Å². The molecule has 0 aliphatic heterocycles. The van der Waals surface area contributed by atoms with Crippen molar-refractivity contribution in [3.8, 4) is 5.75 Å². The zero-order chi connectivity index (χ0) is 33.5. The smallest absolute Gasteiger partial charge is 0.311 e. The fourth-order valence-electron chi connectivity index (χ4n) is 5.99. The molecule has 264 valence electrons. The number of aryl methyl sites for hydroxylation is 1. The number of hydrogen-bond acceptors (Lipinski definition) is 6. The number of unbranched alkanes of at least 4 members (excludes halogenated alkanes) is 24. The normalized spacial score (nSPS) is 11.1. The first-order valence-electron chi connectivity index (χ1n) is 19.3. The molecular formula is C40H69NO5. The molecule has 0 aromatic carbocycles. The largest absolute Gasteiger partial charge is 0.461 e. The van der Waals surface area contributed by atoms with Crippen LogP contribution >= 0.6 is 0 Å². The number of hydrogen-bond donors (Lipinski definition) is 0. The van der Waals surface area contributed by atoms with E-state index in [0.717, 1.165) is 38.5 Å². The lowest BCUT2D eigenvalue weighted by Crippen LogP contribution is -2.13. The van der Waals surface area contributed by atoms with Crippen LogP contribution in [0.25, 0.3) is 0 Å². The minimum Gasteiger partial charge on any atom is -0.461 e. The highest BCUT2D eigenvalue weighted by Crippen LogP contribution is 2.25. The van der Waals surface area contributed by atoms with Crippen molar-refractivity contribution in [2.24, 2.45) is 0 Å². The molecule has 0 unspecified atom stereocenters. The fourth-order valence-corrected chi connectivity index (χ4v) is 5.99. The molecule has 46 heavy (non-hydrogen) atoms. The van der Waals surface area contributed by atoms with Gasteiger partial charge in [-0.3, -0.25) is 19.4 Å². The predicted octanol–water partition coefficient (Wildman–Crippen LogP) is 12.1. The predicted molar refractivity (Wildman–Crippen MR) is 190 cm³/mol. The number of aromatic nitrogens is 1. The molecule has 0 aliphatic carbocycles. The summed E-state index contributed by atoms with van der Waals surface area (Å²) in [5, 5.41) is 0. The standard InChI is InChI=1S/C40H69NO5/c1-4-6-8-10-12-14-16-18-20-22-24-26-28-30-38(43)45-34-36-32-41-35(3)40(37(36)33-42)46-39(44)31-29-27-25-23-21-19-17-15-13-11-9-7-5-2/h32-33H,4-31,34H2,1-3H3. The highest BCUT2D eigenvalue weighted by Gasteiger charge is 2.18. The average Bonchev–Trinajstić information content (AvgIpc) is 3.05. The molecule has 0 radical (unpaired) electrons. The third kappa shape index (κ3) is 22.3. The number of esters is 2. The summed E-state index contributed by atoms with van der Waals surface area (Å²) in [6, 6.07) is 0. The summed E-state index contributed by atoms with van der Waals surface area (Å²) in [7, 11) is 0. The molecule has 1 heterocycles. The Balaban J connectivity index is 2.20. The molecular weight excluding hydrogens is 574 g/mol. The van der Waals surface area contributed by atoms with E-state index < -0.39 is 0 Å². The zero-order valence-corrected chi connectivity index (χ0v) is 30.1. The zero-order valence-electron chi connectivity index (χ0n) is 30.1. The van der Waals surface area contributed by atoms with Crippen LogP contribution in [0.3, 0.4) is 0 Å². The summed E-state index contributed by atoms with van der Waals surface area (Å²) in [6.07, 6.45) is 35.4. The number of pyridine rings is 1. The van der Waals surface area contributed by atoms with Gasteiger partial charge in [-0.05, 0) is 19.8 Å². The summed E-state index contributed by atoms with van der Waals surface area (Å²) in [4.78, 5) is 41.2. The van der Waals surface area contributed by atoms with E-state index in [-0.39, 0.29) is 29.9 Å². The Kier molecular flexibility index (Phi) is 27.4. The van der Waals surface area contributed by atoms with E-state index >= 15 is 0 Å². The third-order valence-corrected chi connectivity index (χ3v) is 9.02. The van der Waals surface area contributed by atoms with Crippen molar-refractivity contribution >= 4 is 18.2 Å². The van der Waals surface area contributed by atoms with Gasteiger partial charge in [-0.15, -0.1) is 0 Å². The lowest BCUT2D eigenvalue weighted by molar-refractivity contribution is -0.145. The van der Waals surface area contributed by atoms with Crippen molar-refractivity contribution in [3.05, 3.63) is 23.0 Å². The van der Waals surface area contributed by atoms with Crippen LogP contribution in [-0.4, -0.2) is 23.2 Å². The van der Waals surface area contributed by atoms with E-state index in [1.807, 2.05) is 0 Å². The van der Waals surface area contributed by atoms with Crippen LogP contribution in [-0.2, 0) is 20.9 Å². The molecule has 1 rings (SSSR count). The minimum atomic E-state index is -0.354. The Labute approximate surface area is 282 Å². The molecule has 6 nitrogen and oxygen atoms in total. The molecule has 1 aromatic heterocycles. The molecule has 0 saturated carbocycles. The van der Waals surface area contributed by atoms with Gasteiger partial charge in [0.25, 0.3) is 0 Å². The SMILES string of the molecule is CCCCCCCCCCCCCCCC(=O)OCc1cnc(C)c(OC(=O)CCCCCCCCCCCCCCC)c1C=O. The van der Waals surface area contributed by atoms with Gasteiger partial charge in [0.15, 0.2) is 12.0 Å². The van der Waals surface area contributed by atoms with E-state index in [0.29, 0.717) is 30.4 Å². The average molecular weight is 644 g/mol. The lowest BCUT2D eigenvalue weighted by atomic mass is 10.0. The van der Waals surface area contributed by atoms with Crippen molar-refractivity contribution in [1.82, 2.24) is 4.98 Å². The van der Waals surface area contributed by atoms with Gasteiger partial charge in [-0.2, -0.15) is 0 Å². The van der Waals surface area contributed by atoms with Gasteiger partial charge >= 0.3 is 11.9 Å². The van der Waals surface area contributed by atoms with Gasteiger partial charge in [0.05, 0.1) is 11.3 Å². The number of ether oxygens (including phenoxy) is 2. The molecule has 0 N–H and O–H groups in total. The van der Waals surface area contributed by atoms with E-state index in [4.69, 9.17) is 9.47 Å². The fraction of sp³-hybridized carbons (Fsp3) is 0.800. The van der Waals surface area contributed by atoms with Gasteiger partial charge in [-0.25, -0.2) is 0 Å². The number of carbonyl (C=O) groups is 3. The Morgan fingerprint density at radius 1 is 0.587 bits per heavy atom. The Morgan fingerprint density at radius 3 is 1.35 bits per heavy atom. The van der Waals surface area contributed by atoms with E-state index in [1.165, 1.54) is 135 Å². The highest BCUT2D eigenvalue weighted by molar-refractivity contribution is 5.84. The van der Waals surface area contributed by atoms with E-state index in [1.54, 1.807) is 6.92 Å². The summed E-state index contributed by atoms with van der Waals surface area (Å²) in [5.74, 6) is -0.450. The number of carbonyl (C=O) groups excluding carboxylic acids is 3. The van der Waals surface area contributed by atoms with Crippen LogP contribution in [0.1, 0.15) is 215 Å². The minimum absolute atomic E-state index is 0.0535. The summed E-state index contributed by atoms with van der Waals surface area (Å²) >= 11 is 0. The number of aldehydes is 1. The number of nitrogens with zero attached hydrogens (tertiary/aromatic N) is 1. The topological polar surface area (TPSA) is 82.6 Å². The van der Waals surface area contributed by atoms with Crippen molar-refractivity contribution in [3.63, 3.8) is 0 Å². The van der Waals surface area contributed by atoms with Crippen LogP contribution in [0.2, 0.25) is 0 Å². The maximum atomic E-state index is 12.6. The second-order valence-corrected chi connectivity index (χ2v) is 13.3. The molecule has 0 saturated heterocycles. The van der Waals surface area contributed by atoms with Crippen LogP contribution < -0.4 is 4.74 Å². The quantitative estimate of drug-likeness (QED) is 0.0441. The maximum absolute atomic E-state index is 12.6. The summed E-state index contributed by atoms with van der Waals surface area (Å²) in [6.45, 7) is 6.17. The molecule has 0 fully saturated rings. The highest BCUT2D eigenvalue weighted by atomic mass is 16.5. The van der Waals surface area contributed by atoms with Crippen LogP contribution in [0, 0.1) is 6.92 Å². The van der Waals surface area contributed by atoms with Crippen LogP contribution in [0.5, 0.6) is 5.75 Å². The first kappa shape index (κ1) is 41.8. The maximum Gasteiger partial charge on any atom is 0.311 e. The summed E-state index contributed by atoms with van der Waals surface area (Å²) < 4.78 is 11.1. The van der Waals surface area contributed by atoms with Crippen molar-refractivity contribution in [2.45, 2.75) is 207 Å². The van der Waals surface area contributed by atoms with Crippen molar-refractivity contribution in [2.75, 3.05) is 0 Å². The van der Waals surface area contributed by atoms with Crippen LogP contribution in [0.15, 0.2) is 6.20 Å². The van der Waals surface area contributed by atoms with Gasteiger partial charge in [0, 0.05) is 24.6 Å².